The number of piperidine rings is 1. The Balaban J connectivity index is 2.14. The highest BCUT2D eigenvalue weighted by Crippen LogP contribution is 2.20. The van der Waals surface area contributed by atoms with Crippen LogP contribution in [0.15, 0.2) is 24.3 Å². The van der Waals surface area contributed by atoms with Gasteiger partial charge in [0.05, 0.1) is 11.7 Å². The third kappa shape index (κ3) is 2.42. The minimum Gasteiger partial charge on any atom is -0.398 e. The quantitative estimate of drug-likeness (QED) is 0.715. The fraction of sp³-hybridized carbons (Fsp3) is 0.462. The molecule has 3 N–H and O–H groups in total. The molecular formula is C13H18N2O2. The number of aliphatic hydroxyl groups excluding tert-OH is 1. The lowest BCUT2D eigenvalue weighted by molar-refractivity contribution is 0.0298. The Morgan fingerprint density at radius 3 is 2.82 bits per heavy atom. The van der Waals surface area contributed by atoms with E-state index in [9.17, 15) is 9.90 Å². The van der Waals surface area contributed by atoms with Crippen LogP contribution >= 0.6 is 0 Å². The van der Waals surface area contributed by atoms with Crippen molar-refractivity contribution in [3.05, 3.63) is 29.8 Å². The topological polar surface area (TPSA) is 66.6 Å². The van der Waals surface area contributed by atoms with Crippen molar-refractivity contribution in [3.8, 4) is 0 Å². The molecule has 2 atom stereocenters. The standard InChI is InChI=1S/C13H18N2O2/c1-9-8-15(7-6-12(9)16)13(17)10-4-2-3-5-11(10)14/h2-5,9,12,16H,6-8,14H2,1H3. The number of nitrogens with zero attached hydrogens (tertiary/aromatic N) is 1. The van der Waals surface area contributed by atoms with Crippen LogP contribution in [0.2, 0.25) is 0 Å². The molecule has 4 nitrogen and oxygen atoms in total. The van der Waals surface area contributed by atoms with Crippen molar-refractivity contribution in [2.24, 2.45) is 5.92 Å². The summed E-state index contributed by atoms with van der Waals surface area (Å²) >= 11 is 0. The van der Waals surface area contributed by atoms with Crippen molar-refractivity contribution in [2.75, 3.05) is 18.8 Å². The van der Waals surface area contributed by atoms with Crippen LogP contribution in [0.25, 0.3) is 0 Å². The summed E-state index contributed by atoms with van der Waals surface area (Å²) in [6.07, 6.45) is 0.340. The number of nitrogen functional groups attached to an aromatic ring is 1. The number of anilines is 1. The van der Waals surface area contributed by atoms with Gasteiger partial charge in [-0.15, -0.1) is 0 Å². The SMILES string of the molecule is CC1CN(C(=O)c2ccccc2N)CCC1O. The highest BCUT2D eigenvalue weighted by atomic mass is 16.3. The average molecular weight is 234 g/mol. The number of hydrogen-bond acceptors (Lipinski definition) is 3. The van der Waals surface area contributed by atoms with Gasteiger partial charge >= 0.3 is 0 Å². The summed E-state index contributed by atoms with van der Waals surface area (Å²) in [5.41, 5.74) is 6.86. The summed E-state index contributed by atoms with van der Waals surface area (Å²) in [7, 11) is 0. The van der Waals surface area contributed by atoms with Gasteiger partial charge in [0.1, 0.15) is 0 Å². The molecule has 1 aromatic carbocycles. The zero-order valence-corrected chi connectivity index (χ0v) is 9.97. The zero-order valence-electron chi connectivity index (χ0n) is 9.97. The maximum atomic E-state index is 12.2. The maximum absolute atomic E-state index is 12.2. The molecule has 0 aliphatic carbocycles. The van der Waals surface area contributed by atoms with Gasteiger partial charge in [-0.05, 0) is 24.5 Å². The van der Waals surface area contributed by atoms with Gasteiger partial charge in [0.25, 0.3) is 5.91 Å². The molecule has 1 aromatic rings. The number of amides is 1. The van der Waals surface area contributed by atoms with Gasteiger partial charge in [-0.2, -0.15) is 0 Å². The summed E-state index contributed by atoms with van der Waals surface area (Å²) in [6, 6.07) is 7.10. The third-order valence-corrected chi connectivity index (χ3v) is 3.34. The zero-order chi connectivity index (χ0) is 12.4. The highest BCUT2D eigenvalue weighted by Gasteiger charge is 2.28. The molecule has 17 heavy (non-hydrogen) atoms. The first kappa shape index (κ1) is 11.9. The third-order valence-electron chi connectivity index (χ3n) is 3.34. The Morgan fingerprint density at radius 1 is 1.47 bits per heavy atom. The minimum absolute atomic E-state index is 0.0400. The van der Waals surface area contributed by atoms with Gasteiger partial charge in [-0.1, -0.05) is 19.1 Å². The molecule has 0 saturated carbocycles. The number of carbonyl (C=O) groups excluding carboxylic acids is 1. The van der Waals surface area contributed by atoms with Crippen molar-refractivity contribution in [2.45, 2.75) is 19.4 Å². The number of benzene rings is 1. The number of likely N-dealkylation sites (tertiary alicyclic amines) is 1. The Morgan fingerprint density at radius 2 is 2.18 bits per heavy atom. The number of aliphatic hydroxyl groups is 1. The van der Waals surface area contributed by atoms with E-state index in [2.05, 4.69) is 0 Å². The summed E-state index contributed by atoms with van der Waals surface area (Å²) in [5.74, 6) is 0.0829. The number of carbonyl (C=O) groups is 1. The molecular weight excluding hydrogens is 216 g/mol. The fourth-order valence-corrected chi connectivity index (χ4v) is 2.18. The van der Waals surface area contributed by atoms with Crippen molar-refractivity contribution >= 4 is 11.6 Å². The molecule has 1 saturated heterocycles. The largest absolute Gasteiger partial charge is 0.398 e. The fourth-order valence-electron chi connectivity index (χ4n) is 2.18. The summed E-state index contributed by atoms with van der Waals surface area (Å²) < 4.78 is 0. The lowest BCUT2D eigenvalue weighted by atomic mass is 9.96. The second-order valence-electron chi connectivity index (χ2n) is 4.67. The molecule has 0 aromatic heterocycles. The molecule has 0 bridgehead atoms. The van der Waals surface area contributed by atoms with Crippen molar-refractivity contribution in [1.29, 1.82) is 0 Å². The predicted octanol–water partition coefficient (Wildman–Crippen LogP) is 1.11. The Hall–Kier alpha value is -1.55. The van der Waals surface area contributed by atoms with Crippen LogP contribution in [0.5, 0.6) is 0 Å². The highest BCUT2D eigenvalue weighted by molar-refractivity contribution is 5.99. The van der Waals surface area contributed by atoms with Crippen molar-refractivity contribution < 1.29 is 9.90 Å². The number of nitrogens with two attached hydrogens (primary N) is 1. The van der Waals surface area contributed by atoms with E-state index < -0.39 is 0 Å². The normalized spacial score (nSPS) is 24.7. The number of hydrogen-bond donors (Lipinski definition) is 2. The molecule has 1 heterocycles. The van der Waals surface area contributed by atoms with E-state index in [4.69, 9.17) is 5.73 Å². The summed E-state index contributed by atoms with van der Waals surface area (Å²) in [5, 5.41) is 9.64. The molecule has 0 spiro atoms. The summed E-state index contributed by atoms with van der Waals surface area (Å²) in [6.45, 7) is 3.14. The molecule has 2 unspecified atom stereocenters. The van der Waals surface area contributed by atoms with Crippen LogP contribution in [0.4, 0.5) is 5.69 Å². The monoisotopic (exact) mass is 234 g/mol. The minimum atomic E-state index is -0.299. The van der Waals surface area contributed by atoms with Crippen LogP contribution in [0.3, 0.4) is 0 Å². The van der Waals surface area contributed by atoms with E-state index in [0.717, 1.165) is 0 Å². The van der Waals surface area contributed by atoms with Crippen molar-refractivity contribution in [1.82, 2.24) is 4.90 Å². The first-order valence-electron chi connectivity index (χ1n) is 5.91. The van der Waals surface area contributed by atoms with Gasteiger partial charge in [0.2, 0.25) is 0 Å². The van der Waals surface area contributed by atoms with Crippen LogP contribution in [0, 0.1) is 5.92 Å². The second kappa shape index (κ2) is 4.75. The maximum Gasteiger partial charge on any atom is 0.255 e. The van der Waals surface area contributed by atoms with Crippen LogP contribution < -0.4 is 5.73 Å². The van der Waals surface area contributed by atoms with E-state index in [1.165, 1.54) is 0 Å². The Labute approximate surface area is 101 Å². The van der Waals surface area contributed by atoms with Crippen LogP contribution in [-0.2, 0) is 0 Å². The van der Waals surface area contributed by atoms with Crippen LogP contribution in [-0.4, -0.2) is 35.1 Å². The van der Waals surface area contributed by atoms with Crippen LogP contribution in [0.1, 0.15) is 23.7 Å². The van der Waals surface area contributed by atoms with Gasteiger partial charge < -0.3 is 15.7 Å². The second-order valence-corrected chi connectivity index (χ2v) is 4.67. The van der Waals surface area contributed by atoms with E-state index >= 15 is 0 Å². The smallest absolute Gasteiger partial charge is 0.255 e. The molecule has 92 valence electrons. The Bertz CT molecular complexity index is 420. The van der Waals surface area contributed by atoms with E-state index in [1.54, 1.807) is 17.0 Å². The van der Waals surface area contributed by atoms with Gasteiger partial charge in [-0.25, -0.2) is 0 Å². The van der Waals surface area contributed by atoms with E-state index in [-0.39, 0.29) is 17.9 Å². The molecule has 1 amide bonds. The molecule has 1 aliphatic heterocycles. The Kier molecular flexibility index (Phi) is 3.33. The number of rotatable bonds is 1. The molecule has 4 heteroatoms. The first-order chi connectivity index (χ1) is 8.09. The molecule has 2 rings (SSSR count). The lowest BCUT2D eigenvalue weighted by Gasteiger charge is -2.34. The molecule has 1 fully saturated rings. The average Bonchev–Trinajstić information content (AvgIpc) is 2.32. The molecule has 0 radical (unpaired) electrons. The number of para-hydroxylation sites is 1. The van der Waals surface area contributed by atoms with E-state index in [0.29, 0.717) is 30.8 Å². The lowest BCUT2D eigenvalue weighted by Crippen LogP contribution is -2.45. The molecule has 1 aliphatic rings. The van der Waals surface area contributed by atoms with Crippen molar-refractivity contribution in [3.63, 3.8) is 0 Å². The van der Waals surface area contributed by atoms with Gasteiger partial charge in [0.15, 0.2) is 0 Å². The van der Waals surface area contributed by atoms with Gasteiger partial charge in [0, 0.05) is 18.8 Å². The predicted molar refractivity (Wildman–Crippen MR) is 66.5 cm³/mol. The van der Waals surface area contributed by atoms with E-state index in [1.807, 2.05) is 19.1 Å². The first-order valence-corrected chi connectivity index (χ1v) is 5.91. The van der Waals surface area contributed by atoms with Gasteiger partial charge in [-0.3, -0.25) is 4.79 Å². The summed E-state index contributed by atoms with van der Waals surface area (Å²) in [4.78, 5) is 14.0.